The van der Waals surface area contributed by atoms with Gasteiger partial charge in [-0.1, -0.05) is 24.3 Å². The summed E-state index contributed by atoms with van der Waals surface area (Å²) in [6, 6.07) is 7.48. The smallest absolute Gasteiger partial charge is 0.336 e. The lowest BCUT2D eigenvalue weighted by atomic mass is 9.93. The van der Waals surface area contributed by atoms with E-state index in [4.69, 9.17) is 0 Å². The Bertz CT molecular complexity index is 1210. The van der Waals surface area contributed by atoms with Crippen molar-refractivity contribution in [3.05, 3.63) is 91.5 Å². The van der Waals surface area contributed by atoms with E-state index < -0.39 is 67.0 Å². The van der Waals surface area contributed by atoms with Crippen LogP contribution in [0.25, 0.3) is 22.3 Å². The van der Waals surface area contributed by atoms with Crippen molar-refractivity contribution in [3.8, 4) is 22.3 Å². The highest BCUT2D eigenvalue weighted by atomic mass is 19.1. The molecule has 0 aliphatic carbocycles. The molecule has 0 saturated heterocycles. The highest BCUT2D eigenvalue weighted by Crippen LogP contribution is 2.36. The molecule has 3 aromatic rings. The van der Waals surface area contributed by atoms with Crippen molar-refractivity contribution in [1.82, 2.24) is 0 Å². The molecule has 0 unspecified atom stereocenters. The van der Waals surface area contributed by atoms with Gasteiger partial charge in [0.1, 0.15) is 0 Å². The quantitative estimate of drug-likeness (QED) is 0.414. The van der Waals surface area contributed by atoms with E-state index in [9.17, 15) is 48.8 Å². The van der Waals surface area contributed by atoms with Crippen LogP contribution < -0.4 is 0 Å². The zero-order valence-electron chi connectivity index (χ0n) is 15.6. The molecule has 0 saturated carbocycles. The van der Waals surface area contributed by atoms with Crippen molar-refractivity contribution in [2.75, 3.05) is 0 Å². The van der Waals surface area contributed by atoms with E-state index >= 15 is 0 Å². The third kappa shape index (κ3) is 3.71. The maximum atomic E-state index is 14.7. The van der Waals surface area contributed by atoms with Gasteiger partial charge in [0, 0.05) is 23.3 Å². The van der Waals surface area contributed by atoms with E-state index in [0.29, 0.717) is 12.1 Å². The SMILES string of the molecule is O=C(O)c1ccc([N+](=O)[O-])c(F)c1-c1ccc(-c2c(C(=O)O)ccc([N+](=O)[O-])c2F)cc1. The number of benzene rings is 3. The molecule has 2 N–H and O–H groups in total. The Morgan fingerprint density at radius 2 is 0.969 bits per heavy atom. The van der Waals surface area contributed by atoms with E-state index in [1.807, 2.05) is 0 Å². The standard InChI is InChI=1S/C20H10F2N2O8/c21-17-13(23(29)30)7-5-11(19(25)26)15(17)9-1-2-10(4-3-9)16-12(20(27)28)6-8-14(18(16)22)24(31)32/h1-8H,(H,25,26)(H,27,28). The molecule has 0 fully saturated rings. The molecule has 0 radical (unpaired) electrons. The van der Waals surface area contributed by atoms with Crippen LogP contribution in [0, 0.1) is 31.9 Å². The first-order valence-electron chi connectivity index (χ1n) is 8.55. The Hall–Kier alpha value is -4.74. The molecule has 0 amide bonds. The third-order valence-electron chi connectivity index (χ3n) is 4.56. The first kappa shape index (κ1) is 22.0. The lowest BCUT2D eigenvalue weighted by Crippen LogP contribution is -2.05. The van der Waals surface area contributed by atoms with Gasteiger partial charge >= 0.3 is 23.3 Å². The van der Waals surface area contributed by atoms with Crippen LogP contribution >= 0.6 is 0 Å². The first-order valence-corrected chi connectivity index (χ1v) is 8.55. The van der Waals surface area contributed by atoms with Crippen molar-refractivity contribution < 1.29 is 38.4 Å². The predicted octanol–water partition coefficient (Wildman–Crippen LogP) is 4.51. The molecule has 10 nitrogen and oxygen atoms in total. The number of nitro benzene ring substituents is 2. The summed E-state index contributed by atoms with van der Waals surface area (Å²) in [7, 11) is 0. The van der Waals surface area contributed by atoms with Gasteiger partial charge in [0.05, 0.1) is 21.0 Å². The number of nitrogens with zero attached hydrogens (tertiary/aromatic N) is 2. The van der Waals surface area contributed by atoms with Gasteiger partial charge in [-0.2, -0.15) is 8.78 Å². The van der Waals surface area contributed by atoms with Gasteiger partial charge in [0.15, 0.2) is 0 Å². The molecule has 0 aliphatic rings. The van der Waals surface area contributed by atoms with Crippen LogP contribution in [0.2, 0.25) is 0 Å². The normalized spacial score (nSPS) is 10.6. The van der Waals surface area contributed by atoms with Crippen molar-refractivity contribution in [2.24, 2.45) is 0 Å². The average molecular weight is 444 g/mol. The second kappa shape index (κ2) is 8.18. The fraction of sp³-hybridized carbons (Fsp3) is 0. The molecule has 12 heteroatoms. The zero-order chi connectivity index (χ0) is 23.7. The second-order valence-corrected chi connectivity index (χ2v) is 6.34. The van der Waals surface area contributed by atoms with Gasteiger partial charge in [0.2, 0.25) is 11.6 Å². The van der Waals surface area contributed by atoms with Crippen molar-refractivity contribution in [3.63, 3.8) is 0 Å². The summed E-state index contributed by atoms with van der Waals surface area (Å²) in [5.41, 5.74) is -4.54. The summed E-state index contributed by atoms with van der Waals surface area (Å²) < 4.78 is 29.4. The Morgan fingerprint density at radius 1 is 0.656 bits per heavy atom. The molecule has 0 spiro atoms. The lowest BCUT2D eigenvalue weighted by molar-refractivity contribution is -0.387. The molecule has 3 aromatic carbocycles. The topological polar surface area (TPSA) is 161 Å². The molecule has 0 heterocycles. The summed E-state index contributed by atoms with van der Waals surface area (Å²) in [4.78, 5) is 42.9. The minimum atomic E-state index is -1.56. The number of rotatable bonds is 6. The molecule has 32 heavy (non-hydrogen) atoms. The van der Waals surface area contributed by atoms with E-state index in [-0.39, 0.29) is 11.1 Å². The summed E-state index contributed by atoms with van der Waals surface area (Å²) in [5, 5.41) is 40.7. The molecule has 0 aliphatic heterocycles. The highest BCUT2D eigenvalue weighted by molar-refractivity contribution is 5.98. The van der Waals surface area contributed by atoms with Crippen LogP contribution in [0.1, 0.15) is 20.7 Å². The number of aromatic carboxylic acids is 2. The maximum Gasteiger partial charge on any atom is 0.336 e. The Balaban J connectivity index is 2.23. The summed E-state index contributed by atoms with van der Waals surface area (Å²) >= 11 is 0. The number of hydrogen-bond acceptors (Lipinski definition) is 6. The van der Waals surface area contributed by atoms with Gasteiger partial charge in [-0.05, 0) is 23.3 Å². The summed E-state index contributed by atoms with van der Waals surface area (Å²) in [5.74, 6) is -5.93. The number of carboxylic acids is 2. The van der Waals surface area contributed by atoms with Crippen molar-refractivity contribution >= 4 is 23.3 Å². The number of carbonyl (C=O) groups is 2. The van der Waals surface area contributed by atoms with Crippen LogP contribution in [0.5, 0.6) is 0 Å². The molecular weight excluding hydrogens is 434 g/mol. The van der Waals surface area contributed by atoms with Gasteiger partial charge in [-0.3, -0.25) is 20.2 Å². The number of hydrogen-bond donors (Lipinski definition) is 2. The molecule has 0 aromatic heterocycles. The van der Waals surface area contributed by atoms with Crippen LogP contribution in [0.3, 0.4) is 0 Å². The molecule has 162 valence electrons. The highest BCUT2D eigenvalue weighted by Gasteiger charge is 2.27. The number of halogens is 2. The van der Waals surface area contributed by atoms with Gasteiger partial charge in [-0.15, -0.1) is 0 Å². The lowest BCUT2D eigenvalue weighted by Gasteiger charge is -2.11. The average Bonchev–Trinajstić information content (AvgIpc) is 2.72. The first-order chi connectivity index (χ1) is 15.0. The van der Waals surface area contributed by atoms with Gasteiger partial charge in [-0.25, -0.2) is 9.59 Å². The Morgan fingerprint density at radius 3 is 1.22 bits per heavy atom. The van der Waals surface area contributed by atoms with E-state index in [1.54, 1.807) is 0 Å². The molecule has 0 bridgehead atoms. The van der Waals surface area contributed by atoms with Crippen LogP contribution in [0.4, 0.5) is 20.2 Å². The zero-order valence-corrected chi connectivity index (χ0v) is 15.6. The number of nitro groups is 2. The van der Waals surface area contributed by atoms with Crippen molar-refractivity contribution in [1.29, 1.82) is 0 Å². The van der Waals surface area contributed by atoms with E-state index in [2.05, 4.69) is 0 Å². The van der Waals surface area contributed by atoms with Crippen molar-refractivity contribution in [2.45, 2.75) is 0 Å². The van der Waals surface area contributed by atoms with Crippen LogP contribution in [-0.4, -0.2) is 32.0 Å². The van der Waals surface area contributed by atoms with Gasteiger partial charge in [0.25, 0.3) is 0 Å². The molecule has 3 rings (SSSR count). The largest absolute Gasteiger partial charge is 0.478 e. The van der Waals surface area contributed by atoms with E-state index in [0.717, 1.165) is 36.4 Å². The van der Waals surface area contributed by atoms with Crippen LogP contribution in [-0.2, 0) is 0 Å². The third-order valence-corrected chi connectivity index (χ3v) is 4.56. The molecular formula is C20H10F2N2O8. The summed E-state index contributed by atoms with van der Waals surface area (Å²) in [6.45, 7) is 0. The fourth-order valence-electron chi connectivity index (χ4n) is 3.14. The minimum absolute atomic E-state index is 0.130. The maximum absolute atomic E-state index is 14.7. The Kier molecular flexibility index (Phi) is 5.61. The van der Waals surface area contributed by atoms with Gasteiger partial charge < -0.3 is 10.2 Å². The minimum Gasteiger partial charge on any atom is -0.478 e. The monoisotopic (exact) mass is 444 g/mol. The second-order valence-electron chi connectivity index (χ2n) is 6.34. The number of carboxylic acid groups (broad SMARTS) is 2. The Labute approximate surface area is 176 Å². The predicted molar refractivity (Wildman–Crippen MR) is 104 cm³/mol. The van der Waals surface area contributed by atoms with E-state index in [1.165, 1.54) is 0 Å². The fourth-order valence-corrected chi connectivity index (χ4v) is 3.14. The molecule has 0 atom stereocenters. The van der Waals surface area contributed by atoms with Crippen LogP contribution in [0.15, 0.2) is 48.5 Å². The summed E-state index contributed by atoms with van der Waals surface area (Å²) in [6.07, 6.45) is 0.